The Bertz CT molecular complexity index is 453. The number of hydrogen-bond donors (Lipinski definition) is 1. The average Bonchev–Trinajstić information content (AvgIpc) is 2.44. The van der Waals surface area contributed by atoms with Gasteiger partial charge in [-0.3, -0.25) is 9.55 Å². The molecule has 0 amide bonds. The molecular weight excluding hydrogens is 264 g/mol. The van der Waals surface area contributed by atoms with Crippen molar-refractivity contribution in [3.8, 4) is 0 Å². The molecule has 19 heavy (non-hydrogen) atoms. The number of nitrogens with zero attached hydrogens (tertiary/aromatic N) is 2. The summed E-state index contributed by atoms with van der Waals surface area (Å²) in [7, 11) is 0. The van der Waals surface area contributed by atoms with Gasteiger partial charge in [0.2, 0.25) is 0 Å². The maximum absolute atomic E-state index is 13.3. The number of quaternary nitrogens is 1. The van der Waals surface area contributed by atoms with Crippen LogP contribution in [0.5, 0.6) is 0 Å². The topological polar surface area (TPSA) is 46.5 Å². The van der Waals surface area contributed by atoms with Crippen LogP contribution in [0.2, 0.25) is 5.02 Å². The molecule has 4 nitrogen and oxygen atoms in total. The van der Waals surface area contributed by atoms with Gasteiger partial charge in [0.1, 0.15) is 5.69 Å². The Hall–Kier alpha value is -0.650. The number of fused-ring (bicyclic) bond motifs is 1. The van der Waals surface area contributed by atoms with Gasteiger partial charge in [-0.15, -0.1) is 0 Å². The SMILES string of the molecule is [O-][N+]1(c2ccc(Cl)cc2)C(O)CCN2CCCCC21. The highest BCUT2D eigenvalue weighted by Crippen LogP contribution is 2.38. The van der Waals surface area contributed by atoms with Crippen molar-refractivity contribution >= 4 is 17.3 Å². The number of rotatable bonds is 1. The van der Waals surface area contributed by atoms with Crippen molar-refractivity contribution in [2.45, 2.75) is 38.1 Å². The fourth-order valence-electron chi connectivity index (χ4n) is 3.36. The van der Waals surface area contributed by atoms with E-state index in [1.165, 1.54) is 0 Å². The normalized spacial score (nSPS) is 35.9. The third kappa shape index (κ3) is 2.18. The lowest BCUT2D eigenvalue weighted by Gasteiger charge is -2.58. The molecule has 2 heterocycles. The maximum Gasteiger partial charge on any atom is 0.197 e. The number of piperidine rings is 1. The molecule has 1 aromatic carbocycles. The van der Waals surface area contributed by atoms with E-state index in [2.05, 4.69) is 4.90 Å². The largest absolute Gasteiger partial charge is 0.624 e. The molecule has 3 atom stereocenters. The Labute approximate surface area is 118 Å². The minimum Gasteiger partial charge on any atom is -0.624 e. The lowest BCUT2D eigenvalue weighted by Crippen LogP contribution is -2.69. The predicted octanol–water partition coefficient (Wildman–Crippen LogP) is 2.68. The van der Waals surface area contributed by atoms with E-state index in [0.717, 1.165) is 32.4 Å². The Morgan fingerprint density at radius 2 is 1.89 bits per heavy atom. The highest BCUT2D eigenvalue weighted by molar-refractivity contribution is 6.30. The van der Waals surface area contributed by atoms with Crippen LogP contribution in [0.15, 0.2) is 24.3 Å². The minimum absolute atomic E-state index is 0.154. The van der Waals surface area contributed by atoms with Gasteiger partial charge in [0.15, 0.2) is 12.4 Å². The highest BCUT2D eigenvalue weighted by atomic mass is 35.5. The lowest BCUT2D eigenvalue weighted by molar-refractivity contribution is -0.0969. The van der Waals surface area contributed by atoms with Crippen LogP contribution in [0.1, 0.15) is 25.7 Å². The van der Waals surface area contributed by atoms with Crippen LogP contribution in [0.25, 0.3) is 0 Å². The van der Waals surface area contributed by atoms with Gasteiger partial charge in [0.05, 0.1) is 0 Å². The molecule has 3 unspecified atom stereocenters. The van der Waals surface area contributed by atoms with Gasteiger partial charge < -0.3 is 10.3 Å². The van der Waals surface area contributed by atoms with E-state index in [9.17, 15) is 10.3 Å². The molecule has 2 fully saturated rings. The van der Waals surface area contributed by atoms with E-state index in [4.69, 9.17) is 11.6 Å². The van der Waals surface area contributed by atoms with Crippen LogP contribution < -0.4 is 4.65 Å². The monoisotopic (exact) mass is 282 g/mol. The molecule has 0 aromatic heterocycles. The number of hydrogen-bond acceptors (Lipinski definition) is 3. The zero-order valence-corrected chi connectivity index (χ0v) is 11.6. The van der Waals surface area contributed by atoms with Crippen molar-refractivity contribution in [3.05, 3.63) is 34.5 Å². The van der Waals surface area contributed by atoms with E-state index in [1.807, 2.05) is 0 Å². The molecule has 0 aliphatic carbocycles. The first-order valence-corrected chi connectivity index (χ1v) is 7.28. The van der Waals surface area contributed by atoms with Crippen molar-refractivity contribution in [2.75, 3.05) is 13.1 Å². The van der Waals surface area contributed by atoms with Crippen molar-refractivity contribution in [1.82, 2.24) is 9.55 Å². The summed E-state index contributed by atoms with van der Waals surface area (Å²) in [6, 6.07) is 6.94. The van der Waals surface area contributed by atoms with Crippen molar-refractivity contribution in [2.24, 2.45) is 0 Å². The number of aliphatic hydroxyl groups is 1. The second-order valence-corrected chi connectivity index (χ2v) is 5.90. The third-order valence-electron chi connectivity index (χ3n) is 4.37. The quantitative estimate of drug-likeness (QED) is 0.636. The summed E-state index contributed by atoms with van der Waals surface area (Å²) in [6.45, 7) is 1.79. The fraction of sp³-hybridized carbons (Fsp3) is 0.571. The summed E-state index contributed by atoms with van der Waals surface area (Å²) in [4.78, 5) is 2.23. The van der Waals surface area contributed by atoms with E-state index in [-0.39, 0.29) is 6.17 Å². The Morgan fingerprint density at radius 3 is 2.63 bits per heavy atom. The van der Waals surface area contributed by atoms with E-state index < -0.39 is 10.9 Å². The van der Waals surface area contributed by atoms with Gasteiger partial charge in [-0.25, -0.2) is 0 Å². The smallest absolute Gasteiger partial charge is 0.197 e. The van der Waals surface area contributed by atoms with Crippen LogP contribution >= 0.6 is 11.6 Å². The fourth-order valence-corrected chi connectivity index (χ4v) is 3.48. The highest BCUT2D eigenvalue weighted by Gasteiger charge is 2.46. The first-order valence-electron chi connectivity index (χ1n) is 6.90. The van der Waals surface area contributed by atoms with Crippen LogP contribution in [0.3, 0.4) is 0 Å². The molecule has 0 spiro atoms. The summed E-state index contributed by atoms with van der Waals surface area (Å²) in [5, 5.41) is 24.2. The Kier molecular flexibility index (Phi) is 3.53. The molecule has 0 radical (unpaired) electrons. The zero-order chi connectivity index (χ0) is 13.5. The minimum atomic E-state index is -0.875. The summed E-state index contributed by atoms with van der Waals surface area (Å²) in [6.07, 6.45) is 2.56. The molecule has 0 bridgehead atoms. The molecule has 2 saturated heterocycles. The summed E-state index contributed by atoms with van der Waals surface area (Å²) >= 11 is 5.89. The van der Waals surface area contributed by atoms with Gasteiger partial charge in [0.25, 0.3) is 0 Å². The van der Waals surface area contributed by atoms with Crippen molar-refractivity contribution < 1.29 is 5.11 Å². The Balaban J connectivity index is 1.99. The van der Waals surface area contributed by atoms with Crippen LogP contribution in [-0.4, -0.2) is 35.5 Å². The molecule has 3 rings (SSSR count). The number of halogens is 1. The molecule has 1 aromatic rings. The van der Waals surface area contributed by atoms with E-state index in [0.29, 0.717) is 17.1 Å². The van der Waals surface area contributed by atoms with Crippen LogP contribution in [0.4, 0.5) is 5.69 Å². The average molecular weight is 283 g/mol. The van der Waals surface area contributed by atoms with Gasteiger partial charge in [-0.05, 0) is 25.0 Å². The van der Waals surface area contributed by atoms with E-state index in [1.54, 1.807) is 24.3 Å². The maximum atomic E-state index is 13.3. The van der Waals surface area contributed by atoms with Crippen molar-refractivity contribution in [3.63, 3.8) is 0 Å². The Morgan fingerprint density at radius 1 is 1.16 bits per heavy atom. The molecule has 0 saturated carbocycles. The number of benzene rings is 1. The van der Waals surface area contributed by atoms with Crippen LogP contribution in [-0.2, 0) is 0 Å². The van der Waals surface area contributed by atoms with Crippen molar-refractivity contribution in [1.29, 1.82) is 0 Å². The predicted molar refractivity (Wildman–Crippen MR) is 76.4 cm³/mol. The molecule has 1 N–H and O–H groups in total. The first-order chi connectivity index (χ1) is 9.12. The second kappa shape index (κ2) is 5.04. The second-order valence-electron chi connectivity index (χ2n) is 5.47. The number of hydroxylamine groups is 2. The molecular formula is C14H19ClN2O2. The van der Waals surface area contributed by atoms with Gasteiger partial charge in [0, 0.05) is 43.1 Å². The summed E-state index contributed by atoms with van der Waals surface area (Å²) in [5.74, 6) is 0. The first kappa shape index (κ1) is 13.3. The standard InChI is InChI=1S/C14H19ClN2O2/c15-11-4-6-12(7-5-11)17(19)13-3-1-2-9-16(13)10-8-14(17)18/h4-7,13-14,18H,1-3,8-10H2. The van der Waals surface area contributed by atoms with Gasteiger partial charge >= 0.3 is 0 Å². The lowest BCUT2D eigenvalue weighted by atomic mass is 10.0. The molecule has 2 aliphatic heterocycles. The van der Waals surface area contributed by atoms with Gasteiger partial charge in [-0.2, -0.15) is 0 Å². The van der Waals surface area contributed by atoms with E-state index >= 15 is 0 Å². The zero-order valence-electron chi connectivity index (χ0n) is 10.8. The summed E-state index contributed by atoms with van der Waals surface area (Å²) < 4.78 is -0.642. The van der Waals surface area contributed by atoms with Gasteiger partial charge in [-0.1, -0.05) is 11.6 Å². The molecule has 5 heteroatoms. The van der Waals surface area contributed by atoms with Crippen LogP contribution in [0, 0.1) is 5.21 Å². The molecule has 104 valence electrons. The third-order valence-corrected chi connectivity index (χ3v) is 4.62. The molecule has 2 aliphatic rings. The summed E-state index contributed by atoms with van der Waals surface area (Å²) in [5.41, 5.74) is 0.605. The number of aliphatic hydroxyl groups excluding tert-OH is 1.